The van der Waals surface area contributed by atoms with Crippen molar-refractivity contribution in [3.63, 3.8) is 0 Å². The molecule has 0 N–H and O–H groups in total. The SMILES string of the molecule is Cc1cc2nc(C(C)C)n(CCC#N)c2cc1C. The van der Waals surface area contributed by atoms with Gasteiger partial charge < -0.3 is 4.57 Å². The second-order valence-electron chi connectivity index (χ2n) is 5.11. The van der Waals surface area contributed by atoms with Crippen molar-refractivity contribution in [1.82, 2.24) is 9.55 Å². The Hall–Kier alpha value is -1.82. The summed E-state index contributed by atoms with van der Waals surface area (Å²) in [5, 5.41) is 8.78. The maximum absolute atomic E-state index is 8.78. The predicted octanol–water partition coefficient (Wildman–Crippen LogP) is 3.69. The molecule has 3 nitrogen and oxygen atoms in total. The van der Waals surface area contributed by atoms with Crippen LogP contribution in [0.4, 0.5) is 0 Å². The largest absolute Gasteiger partial charge is 0.327 e. The second kappa shape index (κ2) is 4.81. The van der Waals surface area contributed by atoms with Gasteiger partial charge in [0, 0.05) is 12.5 Å². The van der Waals surface area contributed by atoms with Gasteiger partial charge in [0.2, 0.25) is 0 Å². The Morgan fingerprint density at radius 3 is 2.56 bits per heavy atom. The number of aromatic nitrogens is 2. The normalized spacial score (nSPS) is 11.1. The maximum atomic E-state index is 8.78. The number of hydrogen-bond donors (Lipinski definition) is 0. The molecule has 0 bridgehead atoms. The summed E-state index contributed by atoms with van der Waals surface area (Å²) in [4.78, 5) is 4.72. The van der Waals surface area contributed by atoms with Crippen molar-refractivity contribution < 1.29 is 0 Å². The quantitative estimate of drug-likeness (QED) is 0.822. The van der Waals surface area contributed by atoms with Crippen LogP contribution >= 0.6 is 0 Å². The number of hydrogen-bond acceptors (Lipinski definition) is 2. The summed E-state index contributed by atoms with van der Waals surface area (Å²) in [6.07, 6.45) is 0.526. The third-order valence-electron chi connectivity index (χ3n) is 3.36. The van der Waals surface area contributed by atoms with Crippen molar-refractivity contribution in [2.75, 3.05) is 0 Å². The smallest absolute Gasteiger partial charge is 0.112 e. The molecule has 0 saturated carbocycles. The minimum absolute atomic E-state index is 0.372. The third kappa shape index (κ3) is 2.11. The molecule has 0 spiro atoms. The minimum Gasteiger partial charge on any atom is -0.327 e. The Morgan fingerprint density at radius 1 is 1.28 bits per heavy atom. The summed E-state index contributed by atoms with van der Waals surface area (Å²) in [5.74, 6) is 1.45. The zero-order chi connectivity index (χ0) is 13.3. The molecular formula is C15H19N3. The van der Waals surface area contributed by atoms with Crippen molar-refractivity contribution >= 4 is 11.0 Å². The van der Waals surface area contributed by atoms with Crippen LogP contribution in [0.2, 0.25) is 0 Å². The predicted molar refractivity (Wildman–Crippen MR) is 73.5 cm³/mol. The summed E-state index contributed by atoms with van der Waals surface area (Å²) in [5.41, 5.74) is 4.73. The first-order valence-corrected chi connectivity index (χ1v) is 6.39. The lowest BCUT2D eigenvalue weighted by Gasteiger charge is -2.09. The fourth-order valence-electron chi connectivity index (χ4n) is 2.24. The van der Waals surface area contributed by atoms with Crippen molar-refractivity contribution in [3.8, 4) is 6.07 Å². The van der Waals surface area contributed by atoms with Gasteiger partial charge in [0.15, 0.2) is 0 Å². The lowest BCUT2D eigenvalue weighted by atomic mass is 10.1. The Bertz CT molecular complexity index is 615. The average Bonchev–Trinajstić information content (AvgIpc) is 2.65. The van der Waals surface area contributed by atoms with E-state index in [1.54, 1.807) is 0 Å². The molecule has 2 rings (SSSR count). The molecule has 0 aliphatic carbocycles. The van der Waals surface area contributed by atoms with Crippen LogP contribution in [-0.4, -0.2) is 9.55 Å². The van der Waals surface area contributed by atoms with Gasteiger partial charge in [-0.3, -0.25) is 0 Å². The van der Waals surface area contributed by atoms with Gasteiger partial charge in [-0.05, 0) is 37.1 Å². The number of benzene rings is 1. The van der Waals surface area contributed by atoms with E-state index < -0.39 is 0 Å². The van der Waals surface area contributed by atoms with Crippen LogP contribution in [0, 0.1) is 25.2 Å². The Balaban J connectivity index is 2.65. The van der Waals surface area contributed by atoms with E-state index >= 15 is 0 Å². The van der Waals surface area contributed by atoms with E-state index in [9.17, 15) is 0 Å². The zero-order valence-electron chi connectivity index (χ0n) is 11.5. The van der Waals surface area contributed by atoms with E-state index in [1.165, 1.54) is 11.1 Å². The summed E-state index contributed by atoms with van der Waals surface area (Å²) in [6, 6.07) is 6.53. The van der Waals surface area contributed by atoms with Crippen molar-refractivity contribution in [2.24, 2.45) is 0 Å². The fraction of sp³-hybridized carbons (Fsp3) is 0.467. The molecule has 0 saturated heterocycles. The number of rotatable bonds is 3. The van der Waals surface area contributed by atoms with E-state index in [1.807, 2.05) is 0 Å². The van der Waals surface area contributed by atoms with E-state index in [0.29, 0.717) is 12.3 Å². The highest BCUT2D eigenvalue weighted by molar-refractivity contribution is 5.78. The summed E-state index contributed by atoms with van der Waals surface area (Å²) in [6.45, 7) is 9.24. The van der Waals surface area contributed by atoms with Gasteiger partial charge in [-0.1, -0.05) is 13.8 Å². The molecular weight excluding hydrogens is 222 g/mol. The van der Waals surface area contributed by atoms with E-state index in [2.05, 4.69) is 50.5 Å². The van der Waals surface area contributed by atoms with Crippen LogP contribution in [0.5, 0.6) is 0 Å². The monoisotopic (exact) mass is 241 g/mol. The molecule has 18 heavy (non-hydrogen) atoms. The Kier molecular flexibility index (Phi) is 3.38. The fourth-order valence-corrected chi connectivity index (χ4v) is 2.24. The highest BCUT2D eigenvalue weighted by Crippen LogP contribution is 2.24. The molecule has 0 atom stereocenters. The number of imidazole rings is 1. The van der Waals surface area contributed by atoms with Gasteiger partial charge in [0.1, 0.15) is 5.82 Å². The van der Waals surface area contributed by atoms with Crippen LogP contribution in [0.3, 0.4) is 0 Å². The first-order chi connectivity index (χ1) is 8.54. The van der Waals surface area contributed by atoms with Gasteiger partial charge in [-0.25, -0.2) is 4.98 Å². The molecule has 1 aromatic heterocycles. The third-order valence-corrected chi connectivity index (χ3v) is 3.36. The standard InChI is InChI=1S/C15H19N3/c1-10(2)15-17-13-8-11(3)12(4)9-14(13)18(15)7-5-6-16/h8-10H,5,7H2,1-4H3. The molecule has 0 radical (unpaired) electrons. The van der Waals surface area contributed by atoms with Gasteiger partial charge in [-0.2, -0.15) is 5.26 Å². The lowest BCUT2D eigenvalue weighted by molar-refractivity contribution is 0.644. The molecule has 0 amide bonds. The van der Waals surface area contributed by atoms with Gasteiger partial charge >= 0.3 is 0 Å². The van der Waals surface area contributed by atoms with Crippen LogP contribution < -0.4 is 0 Å². The lowest BCUT2D eigenvalue weighted by Crippen LogP contribution is -2.05. The van der Waals surface area contributed by atoms with E-state index in [0.717, 1.165) is 23.4 Å². The van der Waals surface area contributed by atoms with E-state index in [-0.39, 0.29) is 0 Å². The molecule has 94 valence electrons. The first-order valence-electron chi connectivity index (χ1n) is 6.39. The van der Waals surface area contributed by atoms with Crippen molar-refractivity contribution in [1.29, 1.82) is 5.26 Å². The summed E-state index contributed by atoms with van der Waals surface area (Å²) in [7, 11) is 0. The number of nitriles is 1. The zero-order valence-corrected chi connectivity index (χ0v) is 11.5. The van der Waals surface area contributed by atoms with Crippen LogP contribution in [0.25, 0.3) is 11.0 Å². The van der Waals surface area contributed by atoms with Crippen LogP contribution in [0.15, 0.2) is 12.1 Å². The molecule has 0 aliphatic heterocycles. The number of aryl methyl sites for hydroxylation is 3. The van der Waals surface area contributed by atoms with Crippen molar-refractivity contribution in [3.05, 3.63) is 29.1 Å². The van der Waals surface area contributed by atoms with Gasteiger partial charge in [0.05, 0.1) is 23.5 Å². The highest BCUT2D eigenvalue weighted by Gasteiger charge is 2.14. The number of fused-ring (bicyclic) bond motifs is 1. The molecule has 0 fully saturated rings. The van der Waals surface area contributed by atoms with Gasteiger partial charge in [-0.15, -0.1) is 0 Å². The Labute approximate surface area is 108 Å². The van der Waals surface area contributed by atoms with Crippen LogP contribution in [-0.2, 0) is 6.54 Å². The molecule has 2 aromatic rings. The molecule has 1 aromatic carbocycles. The minimum atomic E-state index is 0.372. The molecule has 0 aliphatic rings. The highest BCUT2D eigenvalue weighted by atomic mass is 15.1. The van der Waals surface area contributed by atoms with Crippen molar-refractivity contribution in [2.45, 2.75) is 46.6 Å². The molecule has 3 heteroatoms. The van der Waals surface area contributed by atoms with Gasteiger partial charge in [0.25, 0.3) is 0 Å². The Morgan fingerprint density at radius 2 is 1.94 bits per heavy atom. The van der Waals surface area contributed by atoms with E-state index in [4.69, 9.17) is 10.2 Å². The van der Waals surface area contributed by atoms with Crippen LogP contribution in [0.1, 0.15) is 43.1 Å². The topological polar surface area (TPSA) is 41.6 Å². The molecule has 0 unspecified atom stereocenters. The summed E-state index contributed by atoms with van der Waals surface area (Å²) >= 11 is 0. The maximum Gasteiger partial charge on any atom is 0.112 e. The second-order valence-corrected chi connectivity index (χ2v) is 5.11. The first kappa shape index (κ1) is 12.6. The number of nitrogens with zero attached hydrogens (tertiary/aromatic N) is 3. The summed E-state index contributed by atoms with van der Waals surface area (Å²) < 4.78 is 2.19. The average molecular weight is 241 g/mol. The molecule has 1 heterocycles.